The van der Waals surface area contributed by atoms with Gasteiger partial charge in [0.05, 0.1) is 0 Å². The summed E-state index contributed by atoms with van der Waals surface area (Å²) >= 11 is 0. The summed E-state index contributed by atoms with van der Waals surface area (Å²) in [6, 6.07) is 14.0. The van der Waals surface area contributed by atoms with Gasteiger partial charge in [0.1, 0.15) is 30.8 Å². The lowest BCUT2D eigenvalue weighted by molar-refractivity contribution is -0.217. The number of amides is 4. The first-order chi connectivity index (χ1) is 22.8. The van der Waals surface area contributed by atoms with Crippen molar-refractivity contribution in [2.24, 2.45) is 0 Å². The van der Waals surface area contributed by atoms with Gasteiger partial charge in [0.2, 0.25) is 17.7 Å². The van der Waals surface area contributed by atoms with Gasteiger partial charge in [0.15, 0.2) is 0 Å². The number of likely N-dealkylation sites (tertiary alicyclic amines) is 1. The van der Waals surface area contributed by atoms with Crippen molar-refractivity contribution in [1.29, 1.82) is 0 Å². The van der Waals surface area contributed by atoms with Crippen LogP contribution in [0.15, 0.2) is 60.7 Å². The number of carbonyl (C=O) groups excluding carboxylic acids is 5. The van der Waals surface area contributed by atoms with E-state index >= 15 is 0 Å². The Morgan fingerprint density at radius 3 is 1.84 bits per heavy atom. The number of hydrogen-bond donors (Lipinski definition) is 4. The van der Waals surface area contributed by atoms with Crippen molar-refractivity contribution in [3.05, 3.63) is 71.8 Å². The molecule has 2 aromatic carbocycles. The number of hydrogen-bond acceptors (Lipinski definition) is 7. The number of alkyl carbamates (subject to hydrolysis) is 1. The first-order valence-corrected chi connectivity index (χ1v) is 14.6. The summed E-state index contributed by atoms with van der Waals surface area (Å²) in [5.41, 5.74) is 1.55. The first kappa shape index (κ1) is 40.0. The maximum Gasteiger partial charge on any atom is 0.459 e. The van der Waals surface area contributed by atoms with Gasteiger partial charge in [-0.15, -0.1) is 0 Å². The van der Waals surface area contributed by atoms with Crippen molar-refractivity contribution in [2.75, 3.05) is 6.54 Å². The normalized spacial score (nSPS) is 16.2. The quantitative estimate of drug-likeness (QED) is 0.258. The summed E-state index contributed by atoms with van der Waals surface area (Å²) in [6.45, 7) is 3.29. The second-order valence-electron chi connectivity index (χ2n) is 10.8. The third-order valence-electron chi connectivity index (χ3n) is 6.92. The van der Waals surface area contributed by atoms with Crippen LogP contribution in [0.5, 0.6) is 0 Å². The molecule has 2 aromatic rings. The molecular formula is C31H34F6N4O8. The van der Waals surface area contributed by atoms with Crippen LogP contribution >= 0.6 is 0 Å². The molecule has 1 saturated heterocycles. The van der Waals surface area contributed by atoms with E-state index in [1.165, 1.54) is 18.7 Å². The lowest BCUT2D eigenvalue weighted by Gasteiger charge is -2.28. The van der Waals surface area contributed by atoms with Crippen molar-refractivity contribution in [1.82, 2.24) is 20.9 Å². The number of carboxylic acids is 1. The number of carboxylic acid groups (broad SMARTS) is 1. The molecule has 4 N–H and O–H groups in total. The number of halogens is 6. The summed E-state index contributed by atoms with van der Waals surface area (Å²) in [5.74, 6) is -6.48. The lowest BCUT2D eigenvalue weighted by atomic mass is 10.1. The number of carbonyl (C=O) groups is 6. The van der Waals surface area contributed by atoms with Crippen LogP contribution in [0, 0.1) is 0 Å². The van der Waals surface area contributed by atoms with E-state index < -0.39 is 72.1 Å². The number of rotatable bonds is 11. The number of nitrogens with zero attached hydrogens (tertiary/aromatic N) is 1. The summed E-state index contributed by atoms with van der Waals surface area (Å²) in [5, 5.41) is 17.2. The average molecular weight is 705 g/mol. The maximum atomic E-state index is 13.1. The molecule has 12 nitrogen and oxygen atoms in total. The van der Waals surface area contributed by atoms with Crippen LogP contribution in [0.25, 0.3) is 0 Å². The SMILES string of the molecule is CC(NC(=O)OCc1ccccc1)C(=O)NC(C)C(=O)N1CCCC1C(=O)NC(Cc1ccccc1)C(=O)O.O=C(C(F)(F)F)C(F)(F)F. The molecule has 18 heteroatoms. The number of alkyl halides is 6. The first-order valence-electron chi connectivity index (χ1n) is 14.6. The second kappa shape index (κ2) is 17.8. The summed E-state index contributed by atoms with van der Waals surface area (Å²) < 4.78 is 70.4. The van der Waals surface area contributed by atoms with Crippen LogP contribution in [0.1, 0.15) is 37.8 Å². The number of ether oxygens (including phenoxy) is 1. The van der Waals surface area contributed by atoms with E-state index in [1.54, 1.807) is 36.4 Å². The van der Waals surface area contributed by atoms with Gasteiger partial charge in [0, 0.05) is 13.0 Å². The molecule has 0 spiro atoms. The highest BCUT2D eigenvalue weighted by Crippen LogP contribution is 2.28. The van der Waals surface area contributed by atoms with Crippen LogP contribution < -0.4 is 16.0 Å². The molecule has 1 fully saturated rings. The predicted octanol–water partition coefficient (Wildman–Crippen LogP) is 3.29. The van der Waals surface area contributed by atoms with E-state index in [0.29, 0.717) is 19.4 Å². The minimum absolute atomic E-state index is 0.0440. The standard InChI is InChI=1S/C28H34N4O7.C3F6O/c1-18(30-28(38)39-17-21-12-7-4-8-13-21)24(33)29-19(2)26(35)32-15-9-14-23(32)25(34)31-22(27(36)37)16-20-10-5-3-6-11-20;4-2(5,6)1(10)3(7,8)9/h3-8,10-13,18-19,22-23H,9,14-17H2,1-2H3,(H,29,33)(H,30,38)(H,31,34)(H,36,37);. The van der Waals surface area contributed by atoms with Crippen molar-refractivity contribution >= 4 is 35.6 Å². The Bertz CT molecular complexity index is 1440. The van der Waals surface area contributed by atoms with Crippen molar-refractivity contribution in [3.8, 4) is 0 Å². The van der Waals surface area contributed by atoms with Crippen molar-refractivity contribution < 1.29 is 65.0 Å². The fourth-order valence-electron chi connectivity index (χ4n) is 4.44. The van der Waals surface area contributed by atoms with E-state index in [2.05, 4.69) is 16.0 Å². The molecule has 3 rings (SSSR count). The minimum Gasteiger partial charge on any atom is -0.480 e. The molecule has 0 saturated carbocycles. The van der Waals surface area contributed by atoms with Crippen molar-refractivity contribution in [2.45, 2.75) is 76.2 Å². The van der Waals surface area contributed by atoms with Crippen LogP contribution in [-0.2, 0) is 41.7 Å². The zero-order valence-corrected chi connectivity index (χ0v) is 26.1. The third kappa shape index (κ3) is 13.1. The molecule has 1 heterocycles. The second-order valence-corrected chi connectivity index (χ2v) is 10.8. The molecular weight excluding hydrogens is 670 g/mol. The molecule has 268 valence electrons. The fourth-order valence-corrected chi connectivity index (χ4v) is 4.44. The Hall–Kier alpha value is -5.16. The van der Waals surface area contributed by atoms with Gasteiger partial charge in [-0.2, -0.15) is 26.3 Å². The third-order valence-corrected chi connectivity index (χ3v) is 6.92. The highest BCUT2D eigenvalue weighted by molar-refractivity contribution is 5.95. The topological polar surface area (TPSA) is 171 Å². The number of ketones is 1. The van der Waals surface area contributed by atoms with E-state index in [4.69, 9.17) is 4.74 Å². The summed E-state index contributed by atoms with van der Waals surface area (Å²) in [7, 11) is 0. The van der Waals surface area contributed by atoms with Crippen LogP contribution in [0.3, 0.4) is 0 Å². The summed E-state index contributed by atoms with van der Waals surface area (Å²) in [4.78, 5) is 73.1. The molecule has 49 heavy (non-hydrogen) atoms. The average Bonchev–Trinajstić information content (AvgIpc) is 3.53. The molecule has 4 atom stereocenters. The Morgan fingerprint density at radius 1 is 0.816 bits per heavy atom. The van der Waals surface area contributed by atoms with Gasteiger partial charge in [0.25, 0.3) is 0 Å². The zero-order chi connectivity index (χ0) is 36.9. The Balaban J connectivity index is 0.000000722. The van der Waals surface area contributed by atoms with E-state index in [1.807, 2.05) is 24.3 Å². The molecule has 0 bridgehead atoms. The number of Topliss-reactive ketones (excluding diaryl/α,β-unsaturated/α-hetero) is 1. The molecule has 1 aliphatic rings. The molecule has 1 aliphatic heterocycles. The van der Waals surface area contributed by atoms with Crippen molar-refractivity contribution in [3.63, 3.8) is 0 Å². The van der Waals surface area contributed by atoms with Crippen LogP contribution in [-0.4, -0.2) is 88.6 Å². The predicted molar refractivity (Wildman–Crippen MR) is 158 cm³/mol. The largest absolute Gasteiger partial charge is 0.480 e. The van der Waals surface area contributed by atoms with Gasteiger partial charge in [-0.1, -0.05) is 60.7 Å². The molecule has 0 aromatic heterocycles. The van der Waals surface area contributed by atoms with Gasteiger partial charge in [-0.3, -0.25) is 19.2 Å². The smallest absolute Gasteiger partial charge is 0.459 e. The number of nitrogens with one attached hydrogen (secondary N) is 3. The van der Waals surface area contributed by atoms with E-state index in [9.17, 15) is 60.2 Å². The highest BCUT2D eigenvalue weighted by atomic mass is 19.4. The Morgan fingerprint density at radius 2 is 1.35 bits per heavy atom. The number of benzene rings is 2. The highest BCUT2D eigenvalue weighted by Gasteiger charge is 2.55. The maximum absolute atomic E-state index is 13.1. The number of aliphatic carboxylic acids is 1. The van der Waals surface area contributed by atoms with Crippen LogP contribution in [0.2, 0.25) is 0 Å². The van der Waals surface area contributed by atoms with E-state index in [-0.39, 0.29) is 13.0 Å². The Kier molecular flexibility index (Phi) is 14.6. The van der Waals surface area contributed by atoms with Gasteiger partial charge in [-0.05, 0) is 37.8 Å². The zero-order valence-electron chi connectivity index (χ0n) is 26.1. The monoisotopic (exact) mass is 704 g/mol. The fraction of sp³-hybridized carbons (Fsp3) is 0.419. The van der Waals surface area contributed by atoms with Crippen LogP contribution in [0.4, 0.5) is 31.1 Å². The lowest BCUT2D eigenvalue weighted by Crippen LogP contribution is -2.56. The molecule has 4 unspecified atom stereocenters. The summed E-state index contributed by atoms with van der Waals surface area (Å²) in [6.07, 6.45) is -11.4. The molecule has 4 amide bonds. The van der Waals surface area contributed by atoms with Gasteiger partial charge < -0.3 is 30.7 Å². The molecule has 0 radical (unpaired) electrons. The van der Waals surface area contributed by atoms with E-state index in [0.717, 1.165) is 11.1 Å². The minimum atomic E-state index is -5.82. The van der Waals surface area contributed by atoms with Gasteiger partial charge in [-0.25, -0.2) is 9.59 Å². The Labute approximate surface area is 276 Å². The van der Waals surface area contributed by atoms with Gasteiger partial charge >= 0.3 is 30.2 Å². The molecule has 0 aliphatic carbocycles.